The van der Waals surface area contributed by atoms with Crippen LogP contribution in [-0.2, 0) is 0 Å². The zero-order chi connectivity index (χ0) is 8.81. The smallest absolute Gasteiger partial charge is 0.184 e. The highest BCUT2D eigenvalue weighted by Crippen LogP contribution is 2.11. The Morgan fingerprint density at radius 1 is 1.42 bits per heavy atom. The monoisotopic (exact) mass is 158 g/mol. The van der Waals surface area contributed by atoms with Crippen molar-refractivity contribution in [2.24, 2.45) is 0 Å². The molecule has 0 spiro atoms. The van der Waals surface area contributed by atoms with Crippen molar-refractivity contribution < 1.29 is 0 Å². The van der Waals surface area contributed by atoms with Gasteiger partial charge in [-0.2, -0.15) is 5.26 Å². The lowest BCUT2D eigenvalue weighted by molar-refractivity contribution is 1.10. The van der Waals surface area contributed by atoms with E-state index in [0.717, 1.165) is 5.69 Å². The molecule has 2 heteroatoms. The Balaban J connectivity index is 2.82. The molecule has 1 rings (SSSR count). The molecule has 2 nitrogen and oxygen atoms in total. The topological polar surface area (TPSA) is 27.0 Å². The molecule has 1 aromatic carbocycles. The number of hydrogen-bond donors (Lipinski definition) is 0. The summed E-state index contributed by atoms with van der Waals surface area (Å²) in [4.78, 5) is 1.58. The Morgan fingerprint density at radius 3 is 2.58 bits per heavy atom. The fraction of sp³-hybridized carbons (Fsp3) is 0.100. The highest BCUT2D eigenvalue weighted by molar-refractivity contribution is 5.50. The van der Waals surface area contributed by atoms with E-state index in [1.807, 2.05) is 30.3 Å². The molecular weight excluding hydrogens is 148 g/mol. The number of hydrogen-bond acceptors (Lipinski definition) is 2. The first-order valence-electron chi connectivity index (χ1n) is 3.71. The highest BCUT2D eigenvalue weighted by atomic mass is 15.1. The molecule has 0 atom stereocenters. The molecule has 0 aliphatic rings. The molecular formula is C10H10N2. The fourth-order valence-electron chi connectivity index (χ4n) is 0.941. The second-order valence-electron chi connectivity index (χ2n) is 2.33. The van der Waals surface area contributed by atoms with Gasteiger partial charge in [0.1, 0.15) is 0 Å². The van der Waals surface area contributed by atoms with Crippen LogP contribution in [0.3, 0.4) is 0 Å². The van der Waals surface area contributed by atoms with Crippen LogP contribution in [0, 0.1) is 11.5 Å². The first-order chi connectivity index (χ1) is 5.88. The molecule has 0 heterocycles. The van der Waals surface area contributed by atoms with Crippen LogP contribution in [0.1, 0.15) is 0 Å². The van der Waals surface area contributed by atoms with E-state index in [9.17, 15) is 0 Å². The van der Waals surface area contributed by atoms with E-state index in [1.165, 1.54) is 0 Å². The van der Waals surface area contributed by atoms with E-state index < -0.39 is 0 Å². The van der Waals surface area contributed by atoms with Crippen molar-refractivity contribution in [3.63, 3.8) is 0 Å². The molecule has 0 radical (unpaired) electrons. The molecule has 0 saturated carbocycles. The maximum absolute atomic E-state index is 8.74. The Morgan fingerprint density at radius 2 is 2.08 bits per heavy atom. The van der Waals surface area contributed by atoms with E-state index in [0.29, 0.717) is 6.54 Å². The Hall–Kier alpha value is -1.75. The largest absolute Gasteiger partial charge is 0.276 e. The summed E-state index contributed by atoms with van der Waals surface area (Å²) < 4.78 is 0. The van der Waals surface area contributed by atoms with Gasteiger partial charge >= 0.3 is 0 Å². The maximum Gasteiger partial charge on any atom is 0.184 e. The minimum atomic E-state index is 0.556. The predicted molar refractivity (Wildman–Crippen MR) is 49.6 cm³/mol. The van der Waals surface area contributed by atoms with Gasteiger partial charge in [0, 0.05) is 0 Å². The lowest BCUT2D eigenvalue weighted by Crippen LogP contribution is -2.15. The van der Waals surface area contributed by atoms with Crippen LogP contribution >= 0.6 is 0 Å². The van der Waals surface area contributed by atoms with Gasteiger partial charge in [-0.05, 0) is 12.1 Å². The molecule has 0 fully saturated rings. The summed E-state index contributed by atoms with van der Waals surface area (Å²) in [5.74, 6) is 0. The molecule has 0 aliphatic heterocycles. The lowest BCUT2D eigenvalue weighted by Gasteiger charge is -2.11. The van der Waals surface area contributed by atoms with Gasteiger partial charge < -0.3 is 0 Å². The Kier molecular flexibility index (Phi) is 2.92. The third-order valence-electron chi connectivity index (χ3n) is 1.50. The fourth-order valence-corrected chi connectivity index (χ4v) is 0.941. The van der Waals surface area contributed by atoms with Crippen molar-refractivity contribution in [3.8, 4) is 6.19 Å². The Bertz CT molecular complexity index is 284. The van der Waals surface area contributed by atoms with Gasteiger partial charge in [0.2, 0.25) is 0 Å². The second-order valence-corrected chi connectivity index (χ2v) is 2.33. The first kappa shape index (κ1) is 8.35. The van der Waals surface area contributed by atoms with Crippen molar-refractivity contribution in [1.82, 2.24) is 0 Å². The van der Waals surface area contributed by atoms with E-state index in [1.54, 1.807) is 11.0 Å². The van der Waals surface area contributed by atoms with Crippen LogP contribution in [0.25, 0.3) is 0 Å². The van der Waals surface area contributed by atoms with E-state index in [4.69, 9.17) is 5.26 Å². The minimum absolute atomic E-state index is 0.556. The molecule has 0 amide bonds. The highest BCUT2D eigenvalue weighted by Gasteiger charge is 1.99. The van der Waals surface area contributed by atoms with Crippen molar-refractivity contribution >= 4 is 5.69 Å². The summed E-state index contributed by atoms with van der Waals surface area (Å²) in [6, 6.07) is 9.53. The van der Waals surface area contributed by atoms with E-state index in [-0.39, 0.29) is 0 Å². The average Bonchev–Trinajstić information content (AvgIpc) is 2.15. The van der Waals surface area contributed by atoms with Crippen LogP contribution in [0.4, 0.5) is 5.69 Å². The van der Waals surface area contributed by atoms with Crippen molar-refractivity contribution in [1.29, 1.82) is 5.26 Å². The van der Waals surface area contributed by atoms with Gasteiger partial charge in [-0.1, -0.05) is 24.3 Å². The number of benzene rings is 1. The standard InChI is InChI=1S/C10H10N2/c1-2-8-12(9-11)10-6-4-3-5-7-10/h2-7H,1,8H2. The Labute approximate surface area is 72.4 Å². The number of nitrogens with zero attached hydrogens (tertiary/aromatic N) is 2. The zero-order valence-electron chi connectivity index (χ0n) is 6.77. The van der Waals surface area contributed by atoms with E-state index >= 15 is 0 Å². The summed E-state index contributed by atoms with van der Waals surface area (Å²) >= 11 is 0. The molecule has 0 aromatic heterocycles. The van der Waals surface area contributed by atoms with Gasteiger partial charge in [0.15, 0.2) is 6.19 Å². The van der Waals surface area contributed by atoms with Crippen LogP contribution < -0.4 is 4.90 Å². The summed E-state index contributed by atoms with van der Waals surface area (Å²) in [6.07, 6.45) is 3.79. The molecule has 0 N–H and O–H groups in total. The molecule has 0 unspecified atom stereocenters. The maximum atomic E-state index is 8.74. The molecule has 1 aromatic rings. The molecule has 60 valence electrons. The van der Waals surface area contributed by atoms with Crippen LogP contribution in [0.2, 0.25) is 0 Å². The third kappa shape index (κ3) is 1.86. The van der Waals surface area contributed by atoms with Crippen LogP contribution in [-0.4, -0.2) is 6.54 Å². The lowest BCUT2D eigenvalue weighted by atomic mass is 10.3. The van der Waals surface area contributed by atoms with Gasteiger partial charge in [0.25, 0.3) is 0 Å². The van der Waals surface area contributed by atoms with Gasteiger partial charge in [-0.25, -0.2) is 0 Å². The number of rotatable bonds is 3. The van der Waals surface area contributed by atoms with Crippen molar-refractivity contribution in [2.45, 2.75) is 0 Å². The molecule has 12 heavy (non-hydrogen) atoms. The first-order valence-corrected chi connectivity index (χ1v) is 3.71. The SMILES string of the molecule is C=CCN(C#N)c1ccccc1. The molecule has 0 bridgehead atoms. The van der Waals surface area contributed by atoms with Crippen LogP contribution in [0.15, 0.2) is 43.0 Å². The third-order valence-corrected chi connectivity index (χ3v) is 1.50. The average molecular weight is 158 g/mol. The number of nitriles is 1. The number of anilines is 1. The van der Waals surface area contributed by atoms with Gasteiger partial charge in [0.05, 0.1) is 12.2 Å². The quantitative estimate of drug-likeness (QED) is 0.383. The molecule has 0 saturated heterocycles. The van der Waals surface area contributed by atoms with E-state index in [2.05, 4.69) is 12.8 Å². The van der Waals surface area contributed by atoms with Crippen molar-refractivity contribution in [2.75, 3.05) is 11.4 Å². The minimum Gasteiger partial charge on any atom is -0.276 e. The molecule has 0 aliphatic carbocycles. The van der Waals surface area contributed by atoms with Gasteiger partial charge in [-0.3, -0.25) is 4.90 Å². The van der Waals surface area contributed by atoms with Crippen LogP contribution in [0.5, 0.6) is 0 Å². The summed E-state index contributed by atoms with van der Waals surface area (Å²) in [7, 11) is 0. The summed E-state index contributed by atoms with van der Waals surface area (Å²) in [5.41, 5.74) is 0.903. The summed E-state index contributed by atoms with van der Waals surface area (Å²) in [5, 5.41) is 8.74. The zero-order valence-corrected chi connectivity index (χ0v) is 6.77. The van der Waals surface area contributed by atoms with Gasteiger partial charge in [-0.15, -0.1) is 6.58 Å². The number of para-hydroxylation sites is 1. The predicted octanol–water partition coefficient (Wildman–Crippen LogP) is 2.16. The normalized spacial score (nSPS) is 8.58. The second kappa shape index (κ2) is 4.20. The van der Waals surface area contributed by atoms with Crippen molar-refractivity contribution in [3.05, 3.63) is 43.0 Å². The summed E-state index contributed by atoms with van der Waals surface area (Å²) in [6.45, 7) is 4.14.